The van der Waals surface area contributed by atoms with Gasteiger partial charge in [0.15, 0.2) is 0 Å². The lowest BCUT2D eigenvalue weighted by Crippen LogP contribution is -2.23. The van der Waals surface area contributed by atoms with Gasteiger partial charge in [-0.2, -0.15) is 5.10 Å². The summed E-state index contributed by atoms with van der Waals surface area (Å²) in [7, 11) is 1.53. The molecule has 4 rings (SSSR count). The molecule has 0 saturated heterocycles. The van der Waals surface area contributed by atoms with Crippen LogP contribution < -0.4 is 10.1 Å². The first-order valence-corrected chi connectivity index (χ1v) is 9.46. The number of aromatic nitrogens is 2. The van der Waals surface area contributed by atoms with Crippen LogP contribution in [-0.2, 0) is 6.54 Å². The molecule has 6 heteroatoms. The number of rotatable bonds is 6. The monoisotopic (exact) mass is 401 g/mol. The number of aromatic amines is 1. The molecule has 3 aromatic carbocycles. The minimum absolute atomic E-state index is 0.229. The van der Waals surface area contributed by atoms with Crippen LogP contribution in [0.5, 0.6) is 5.75 Å². The Hall–Kier alpha value is -3.93. The molecule has 4 aromatic rings. The van der Waals surface area contributed by atoms with Crippen LogP contribution >= 0.6 is 0 Å². The molecule has 0 aliphatic rings. The number of carbonyl (C=O) groups excluding carboxylic acids is 1. The van der Waals surface area contributed by atoms with E-state index in [0.29, 0.717) is 28.9 Å². The van der Waals surface area contributed by atoms with Crippen LogP contribution in [0.4, 0.5) is 4.39 Å². The van der Waals surface area contributed by atoms with Gasteiger partial charge in [-0.1, -0.05) is 48.5 Å². The number of amides is 1. The van der Waals surface area contributed by atoms with Crippen molar-refractivity contribution in [3.8, 4) is 5.75 Å². The maximum Gasteiger partial charge on any atom is 0.255 e. The van der Waals surface area contributed by atoms with Gasteiger partial charge >= 0.3 is 0 Å². The van der Waals surface area contributed by atoms with Crippen molar-refractivity contribution >= 4 is 29.0 Å². The predicted molar refractivity (Wildman–Crippen MR) is 116 cm³/mol. The Bertz CT molecular complexity index is 1200. The first kappa shape index (κ1) is 19.4. The smallest absolute Gasteiger partial charge is 0.255 e. The van der Waals surface area contributed by atoms with E-state index in [1.165, 1.54) is 19.2 Å². The molecule has 30 heavy (non-hydrogen) atoms. The molecule has 0 atom stereocenters. The Balaban J connectivity index is 1.64. The first-order chi connectivity index (χ1) is 14.7. The third-order valence-corrected chi connectivity index (χ3v) is 4.76. The van der Waals surface area contributed by atoms with E-state index in [4.69, 9.17) is 4.74 Å². The lowest BCUT2D eigenvalue weighted by molar-refractivity contribution is 0.0948. The highest BCUT2D eigenvalue weighted by molar-refractivity contribution is 6.05. The van der Waals surface area contributed by atoms with E-state index in [-0.39, 0.29) is 11.7 Å². The number of H-pyrrole nitrogens is 1. The summed E-state index contributed by atoms with van der Waals surface area (Å²) in [6.45, 7) is 0.420. The van der Waals surface area contributed by atoms with Gasteiger partial charge in [0.25, 0.3) is 5.91 Å². The highest BCUT2D eigenvalue weighted by atomic mass is 19.1. The van der Waals surface area contributed by atoms with Crippen LogP contribution in [-0.4, -0.2) is 23.2 Å². The zero-order valence-electron chi connectivity index (χ0n) is 16.4. The quantitative estimate of drug-likeness (QED) is 0.487. The maximum absolute atomic E-state index is 13.1. The molecule has 0 fully saturated rings. The van der Waals surface area contributed by atoms with Crippen molar-refractivity contribution in [3.63, 3.8) is 0 Å². The largest absolute Gasteiger partial charge is 0.495 e. The molecule has 0 radical (unpaired) electrons. The van der Waals surface area contributed by atoms with E-state index in [1.807, 2.05) is 36.4 Å². The summed E-state index contributed by atoms with van der Waals surface area (Å²) < 4.78 is 18.7. The zero-order valence-corrected chi connectivity index (χ0v) is 16.4. The minimum Gasteiger partial charge on any atom is -0.495 e. The molecule has 0 aliphatic heterocycles. The second-order valence-electron chi connectivity index (χ2n) is 6.73. The third kappa shape index (κ3) is 4.07. The highest BCUT2D eigenvalue weighted by Gasteiger charge is 2.18. The Morgan fingerprint density at radius 2 is 1.83 bits per heavy atom. The number of benzene rings is 3. The molecule has 1 aromatic heterocycles. The molecule has 0 aliphatic carbocycles. The second-order valence-corrected chi connectivity index (χ2v) is 6.73. The Labute approximate surface area is 173 Å². The standard InChI is InChI=1S/C24H20FN3O2/c1-30-23-19(24(29)26-15-17-5-3-2-4-6-17)12-14-21-22(23)20(27-28-21)13-9-16-7-10-18(25)11-8-16/h2-14H,15H2,1H3,(H,26,29)(H,27,28)/b13-9+. The Morgan fingerprint density at radius 1 is 1.07 bits per heavy atom. The van der Waals surface area contributed by atoms with E-state index in [1.54, 1.807) is 30.3 Å². The van der Waals surface area contributed by atoms with E-state index < -0.39 is 0 Å². The average Bonchev–Trinajstić information content (AvgIpc) is 3.20. The van der Waals surface area contributed by atoms with Crippen LogP contribution in [0, 0.1) is 5.82 Å². The van der Waals surface area contributed by atoms with E-state index in [0.717, 1.165) is 16.6 Å². The molecule has 2 N–H and O–H groups in total. The number of hydrogen-bond donors (Lipinski definition) is 2. The van der Waals surface area contributed by atoms with Gasteiger partial charge in [-0.25, -0.2) is 4.39 Å². The van der Waals surface area contributed by atoms with Crippen LogP contribution in [0.1, 0.15) is 27.2 Å². The molecule has 0 spiro atoms. The van der Waals surface area contributed by atoms with Gasteiger partial charge in [0, 0.05) is 6.54 Å². The fraction of sp³-hybridized carbons (Fsp3) is 0.0833. The number of carbonyl (C=O) groups is 1. The van der Waals surface area contributed by atoms with Gasteiger partial charge in [-0.15, -0.1) is 0 Å². The molecule has 1 amide bonds. The van der Waals surface area contributed by atoms with Crippen molar-refractivity contribution in [2.75, 3.05) is 7.11 Å². The van der Waals surface area contributed by atoms with Crippen LogP contribution in [0.3, 0.4) is 0 Å². The van der Waals surface area contributed by atoms with Crippen molar-refractivity contribution in [3.05, 3.63) is 94.9 Å². The Kier molecular flexibility index (Phi) is 5.57. The van der Waals surface area contributed by atoms with Crippen molar-refractivity contribution in [2.24, 2.45) is 0 Å². The number of halogens is 1. The third-order valence-electron chi connectivity index (χ3n) is 4.76. The molecule has 0 unspecified atom stereocenters. The molecule has 0 bridgehead atoms. The SMILES string of the molecule is COc1c(C(=O)NCc2ccccc2)ccc2[nH]nc(/C=C/c3ccc(F)cc3)c12. The lowest BCUT2D eigenvalue weighted by atomic mass is 10.1. The molecular formula is C24H20FN3O2. The molecule has 5 nitrogen and oxygen atoms in total. The van der Waals surface area contributed by atoms with Crippen molar-refractivity contribution < 1.29 is 13.9 Å². The summed E-state index contributed by atoms with van der Waals surface area (Å²) in [4.78, 5) is 12.8. The van der Waals surface area contributed by atoms with Crippen LogP contribution in [0.2, 0.25) is 0 Å². The van der Waals surface area contributed by atoms with Gasteiger partial charge in [-0.3, -0.25) is 9.89 Å². The number of methoxy groups -OCH3 is 1. The minimum atomic E-state index is -0.287. The van der Waals surface area contributed by atoms with Crippen molar-refractivity contribution in [1.82, 2.24) is 15.5 Å². The number of fused-ring (bicyclic) bond motifs is 1. The van der Waals surface area contributed by atoms with Gasteiger partial charge in [-0.05, 0) is 41.5 Å². The molecule has 150 valence electrons. The maximum atomic E-state index is 13.1. The first-order valence-electron chi connectivity index (χ1n) is 9.46. The summed E-state index contributed by atoms with van der Waals surface area (Å²) >= 11 is 0. The van der Waals surface area contributed by atoms with E-state index in [2.05, 4.69) is 15.5 Å². The predicted octanol–water partition coefficient (Wildman–Crippen LogP) is 4.81. The number of nitrogens with one attached hydrogen (secondary N) is 2. The van der Waals surface area contributed by atoms with Gasteiger partial charge < -0.3 is 10.1 Å². The summed E-state index contributed by atoms with van der Waals surface area (Å²) in [5.74, 6) is -0.0666. The summed E-state index contributed by atoms with van der Waals surface area (Å²) in [6, 6.07) is 19.4. The highest BCUT2D eigenvalue weighted by Crippen LogP contribution is 2.32. The topological polar surface area (TPSA) is 67.0 Å². The van der Waals surface area contributed by atoms with Crippen molar-refractivity contribution in [1.29, 1.82) is 0 Å². The van der Waals surface area contributed by atoms with E-state index >= 15 is 0 Å². The van der Waals surface area contributed by atoms with Crippen LogP contribution in [0.25, 0.3) is 23.1 Å². The van der Waals surface area contributed by atoms with Gasteiger partial charge in [0.1, 0.15) is 11.6 Å². The van der Waals surface area contributed by atoms with Crippen LogP contribution in [0.15, 0.2) is 66.7 Å². The summed E-state index contributed by atoms with van der Waals surface area (Å²) in [5, 5.41) is 10.9. The molecule has 0 saturated carbocycles. The fourth-order valence-corrected chi connectivity index (χ4v) is 3.24. The van der Waals surface area contributed by atoms with Gasteiger partial charge in [0.05, 0.1) is 29.3 Å². The Morgan fingerprint density at radius 3 is 2.57 bits per heavy atom. The fourth-order valence-electron chi connectivity index (χ4n) is 3.24. The second kappa shape index (κ2) is 8.61. The van der Waals surface area contributed by atoms with E-state index in [9.17, 15) is 9.18 Å². The normalized spacial score (nSPS) is 11.1. The molecule has 1 heterocycles. The lowest BCUT2D eigenvalue weighted by Gasteiger charge is -2.11. The zero-order chi connectivity index (χ0) is 20.9. The molecular weight excluding hydrogens is 381 g/mol. The average molecular weight is 401 g/mol. The summed E-state index contributed by atoms with van der Waals surface area (Å²) in [5.41, 5.74) is 3.66. The van der Waals surface area contributed by atoms with Crippen molar-refractivity contribution in [2.45, 2.75) is 6.54 Å². The number of nitrogens with zero attached hydrogens (tertiary/aromatic N) is 1. The number of ether oxygens (including phenoxy) is 1. The number of hydrogen-bond acceptors (Lipinski definition) is 3. The van der Waals surface area contributed by atoms with Gasteiger partial charge in [0.2, 0.25) is 0 Å². The summed E-state index contributed by atoms with van der Waals surface area (Å²) in [6.07, 6.45) is 3.64.